The van der Waals surface area contributed by atoms with Crippen molar-refractivity contribution in [2.24, 2.45) is 0 Å². The molecule has 1 aromatic carbocycles. The molecule has 134 valence electrons. The molecule has 24 heavy (non-hydrogen) atoms. The van der Waals surface area contributed by atoms with Crippen LogP contribution in [0.2, 0.25) is 10.0 Å². The number of halogens is 2. The fourth-order valence-electron chi connectivity index (χ4n) is 2.30. The highest BCUT2D eigenvalue weighted by molar-refractivity contribution is 6.37. The molecule has 8 nitrogen and oxygen atoms in total. The van der Waals surface area contributed by atoms with Gasteiger partial charge in [0.1, 0.15) is 23.9 Å². The van der Waals surface area contributed by atoms with Gasteiger partial charge < -0.3 is 34.6 Å². The Morgan fingerprint density at radius 1 is 1.21 bits per heavy atom. The smallest absolute Gasteiger partial charge is 0.344 e. The van der Waals surface area contributed by atoms with Crippen LogP contribution in [-0.2, 0) is 9.47 Å². The standard InChI is InChI=1S/C14H16Cl2O8/c1-22-11-6(16)3-2-5(15)8(11)13(20)24-12-10(19)9(18)7(4-17)23-14(12)21/h2-3,7,9-10,12,14,17-19,21H,4H2,1H3. The van der Waals surface area contributed by atoms with Gasteiger partial charge in [0.2, 0.25) is 0 Å². The average Bonchev–Trinajstić information content (AvgIpc) is 2.56. The van der Waals surface area contributed by atoms with Gasteiger partial charge in [-0.25, -0.2) is 4.79 Å². The lowest BCUT2D eigenvalue weighted by Crippen LogP contribution is -2.59. The lowest BCUT2D eigenvalue weighted by Gasteiger charge is -2.39. The van der Waals surface area contributed by atoms with Gasteiger partial charge >= 0.3 is 5.97 Å². The van der Waals surface area contributed by atoms with Crippen molar-refractivity contribution in [1.29, 1.82) is 0 Å². The van der Waals surface area contributed by atoms with Gasteiger partial charge in [-0.2, -0.15) is 0 Å². The van der Waals surface area contributed by atoms with Gasteiger partial charge in [-0.15, -0.1) is 0 Å². The van der Waals surface area contributed by atoms with Crippen LogP contribution in [0, 0.1) is 0 Å². The third-order valence-electron chi connectivity index (χ3n) is 3.55. The number of hydrogen-bond donors (Lipinski definition) is 4. The number of methoxy groups -OCH3 is 1. The highest BCUT2D eigenvalue weighted by atomic mass is 35.5. The lowest BCUT2D eigenvalue weighted by molar-refractivity contribution is -0.285. The SMILES string of the molecule is COc1c(Cl)ccc(Cl)c1C(=O)OC1C(O)OC(CO)C(O)C1O. The number of ether oxygens (including phenoxy) is 3. The molecular weight excluding hydrogens is 367 g/mol. The van der Waals surface area contributed by atoms with E-state index in [1.54, 1.807) is 0 Å². The molecule has 2 rings (SSSR count). The Morgan fingerprint density at radius 3 is 2.42 bits per heavy atom. The molecule has 10 heteroatoms. The van der Waals surface area contributed by atoms with E-state index in [2.05, 4.69) is 0 Å². The first kappa shape index (κ1) is 19.2. The van der Waals surface area contributed by atoms with Gasteiger partial charge in [-0.3, -0.25) is 0 Å². The molecule has 1 heterocycles. The fourth-order valence-corrected chi connectivity index (χ4v) is 2.77. The van der Waals surface area contributed by atoms with Gasteiger partial charge in [0.25, 0.3) is 0 Å². The summed E-state index contributed by atoms with van der Waals surface area (Å²) in [4.78, 5) is 12.4. The van der Waals surface area contributed by atoms with E-state index < -0.39 is 43.3 Å². The van der Waals surface area contributed by atoms with Crippen LogP contribution in [0.5, 0.6) is 5.75 Å². The second-order valence-corrected chi connectivity index (χ2v) is 5.85. The summed E-state index contributed by atoms with van der Waals surface area (Å²) in [5.74, 6) is -1.08. The van der Waals surface area contributed by atoms with Crippen molar-refractivity contribution in [2.75, 3.05) is 13.7 Å². The maximum absolute atomic E-state index is 12.4. The Morgan fingerprint density at radius 2 is 1.83 bits per heavy atom. The molecule has 5 atom stereocenters. The number of hydrogen-bond acceptors (Lipinski definition) is 8. The Balaban J connectivity index is 2.25. The summed E-state index contributed by atoms with van der Waals surface area (Å²) in [6, 6.07) is 2.77. The summed E-state index contributed by atoms with van der Waals surface area (Å²) in [7, 11) is 1.28. The van der Waals surface area contributed by atoms with Gasteiger partial charge in [0.05, 0.1) is 23.8 Å². The summed E-state index contributed by atoms with van der Waals surface area (Å²) in [6.45, 7) is -0.635. The third kappa shape index (κ3) is 3.60. The molecule has 1 fully saturated rings. The summed E-state index contributed by atoms with van der Waals surface area (Å²) in [5, 5.41) is 38.7. The zero-order chi connectivity index (χ0) is 18.0. The topological polar surface area (TPSA) is 126 Å². The van der Waals surface area contributed by atoms with Crippen LogP contribution in [0.15, 0.2) is 12.1 Å². The third-order valence-corrected chi connectivity index (χ3v) is 4.17. The molecular formula is C14H16Cl2O8. The van der Waals surface area contributed by atoms with Gasteiger partial charge in [-0.1, -0.05) is 23.2 Å². The van der Waals surface area contributed by atoms with Crippen molar-refractivity contribution in [2.45, 2.75) is 30.7 Å². The van der Waals surface area contributed by atoms with Gasteiger partial charge in [-0.05, 0) is 12.1 Å². The first-order chi connectivity index (χ1) is 11.3. The quantitative estimate of drug-likeness (QED) is 0.534. The summed E-state index contributed by atoms with van der Waals surface area (Å²) >= 11 is 11.9. The molecule has 5 unspecified atom stereocenters. The van der Waals surface area contributed by atoms with Crippen molar-refractivity contribution in [3.8, 4) is 5.75 Å². The molecule has 0 radical (unpaired) electrons. The second kappa shape index (κ2) is 7.83. The summed E-state index contributed by atoms with van der Waals surface area (Å²) < 4.78 is 14.9. The molecule has 1 aromatic rings. The van der Waals surface area contributed by atoms with E-state index >= 15 is 0 Å². The van der Waals surface area contributed by atoms with E-state index in [-0.39, 0.29) is 21.4 Å². The monoisotopic (exact) mass is 382 g/mol. The predicted octanol–water partition coefficient (Wildman–Crippen LogP) is -0.0413. The minimum Gasteiger partial charge on any atom is -0.494 e. The van der Waals surface area contributed by atoms with Gasteiger partial charge in [0, 0.05) is 0 Å². The number of aliphatic hydroxyl groups is 4. The largest absolute Gasteiger partial charge is 0.494 e. The molecule has 0 amide bonds. The first-order valence-electron chi connectivity index (χ1n) is 6.85. The molecule has 1 aliphatic heterocycles. The number of carbonyl (C=O) groups excluding carboxylic acids is 1. The van der Waals surface area contributed by atoms with E-state index in [1.165, 1.54) is 19.2 Å². The van der Waals surface area contributed by atoms with Crippen LogP contribution in [0.4, 0.5) is 0 Å². The zero-order valence-electron chi connectivity index (χ0n) is 12.4. The van der Waals surface area contributed by atoms with Crippen LogP contribution in [0.1, 0.15) is 10.4 Å². The lowest BCUT2D eigenvalue weighted by atomic mass is 9.99. The Hall–Kier alpha value is -1.13. The predicted molar refractivity (Wildman–Crippen MR) is 82.2 cm³/mol. The Kier molecular flexibility index (Phi) is 6.27. The maximum Gasteiger partial charge on any atom is 0.344 e. The number of carbonyl (C=O) groups is 1. The maximum atomic E-state index is 12.4. The van der Waals surface area contributed by atoms with Crippen molar-refractivity contribution in [3.05, 3.63) is 27.7 Å². The molecule has 0 spiro atoms. The van der Waals surface area contributed by atoms with Crippen LogP contribution >= 0.6 is 23.2 Å². The number of esters is 1. The zero-order valence-corrected chi connectivity index (χ0v) is 13.9. The van der Waals surface area contributed by atoms with E-state index in [4.69, 9.17) is 42.5 Å². The summed E-state index contributed by atoms with van der Waals surface area (Å²) in [5.41, 5.74) is -0.204. The van der Waals surface area contributed by atoms with Crippen LogP contribution < -0.4 is 4.74 Å². The van der Waals surface area contributed by atoms with E-state index in [1.807, 2.05) is 0 Å². The van der Waals surface area contributed by atoms with E-state index in [0.29, 0.717) is 0 Å². The first-order valence-corrected chi connectivity index (χ1v) is 7.60. The molecule has 1 aliphatic rings. The average molecular weight is 383 g/mol. The molecule has 0 saturated carbocycles. The molecule has 0 bridgehead atoms. The molecule has 4 N–H and O–H groups in total. The minimum absolute atomic E-state index is 0.0178. The number of rotatable bonds is 4. The Labute approximate surface area is 147 Å². The minimum atomic E-state index is -1.76. The van der Waals surface area contributed by atoms with E-state index in [0.717, 1.165) is 0 Å². The summed E-state index contributed by atoms with van der Waals surface area (Å²) in [6.07, 6.45) is -7.82. The van der Waals surface area contributed by atoms with Crippen molar-refractivity contribution in [1.82, 2.24) is 0 Å². The fraction of sp³-hybridized carbons (Fsp3) is 0.500. The number of benzene rings is 1. The number of aliphatic hydroxyl groups excluding tert-OH is 4. The van der Waals surface area contributed by atoms with Gasteiger partial charge in [0.15, 0.2) is 18.1 Å². The molecule has 0 aromatic heterocycles. The van der Waals surface area contributed by atoms with Crippen LogP contribution in [0.25, 0.3) is 0 Å². The molecule has 1 saturated heterocycles. The van der Waals surface area contributed by atoms with Crippen LogP contribution in [0.3, 0.4) is 0 Å². The van der Waals surface area contributed by atoms with Crippen molar-refractivity contribution >= 4 is 29.2 Å². The van der Waals surface area contributed by atoms with Crippen molar-refractivity contribution in [3.63, 3.8) is 0 Å². The highest BCUT2D eigenvalue weighted by Crippen LogP contribution is 2.35. The highest BCUT2D eigenvalue weighted by Gasteiger charge is 2.46. The van der Waals surface area contributed by atoms with Crippen molar-refractivity contribution < 1.29 is 39.4 Å². The Bertz CT molecular complexity index is 611. The molecule has 0 aliphatic carbocycles. The van der Waals surface area contributed by atoms with Crippen LogP contribution in [-0.4, -0.2) is 70.8 Å². The normalized spacial score (nSPS) is 30.0. The second-order valence-electron chi connectivity index (χ2n) is 5.04. The van der Waals surface area contributed by atoms with E-state index in [9.17, 15) is 20.1 Å².